The maximum absolute atomic E-state index is 12.7. The number of ether oxygens (including phenoxy) is 1. The second kappa shape index (κ2) is 8.72. The van der Waals surface area contributed by atoms with Gasteiger partial charge in [0.1, 0.15) is 6.04 Å². The molecule has 6 heteroatoms. The van der Waals surface area contributed by atoms with E-state index in [1.165, 1.54) is 0 Å². The Labute approximate surface area is 154 Å². The zero-order valence-corrected chi connectivity index (χ0v) is 16.3. The Morgan fingerprint density at radius 1 is 1.36 bits per heavy atom. The van der Waals surface area contributed by atoms with E-state index in [2.05, 4.69) is 5.32 Å². The quantitative estimate of drug-likeness (QED) is 0.839. The van der Waals surface area contributed by atoms with E-state index >= 15 is 0 Å². The molecule has 138 valence electrons. The van der Waals surface area contributed by atoms with Gasteiger partial charge in [-0.25, -0.2) is 0 Å². The SMILES string of the molecule is CCOCc1cccc(NC(=O)C2CSCN2C(=O)CC(C)(C)C)c1. The van der Waals surface area contributed by atoms with E-state index < -0.39 is 6.04 Å². The minimum absolute atomic E-state index is 0.0442. The van der Waals surface area contributed by atoms with E-state index in [9.17, 15) is 9.59 Å². The van der Waals surface area contributed by atoms with E-state index in [4.69, 9.17) is 4.74 Å². The molecule has 1 aromatic carbocycles. The second-order valence-corrected chi connectivity index (χ2v) is 8.44. The van der Waals surface area contributed by atoms with Gasteiger partial charge < -0.3 is 15.0 Å². The summed E-state index contributed by atoms with van der Waals surface area (Å²) in [7, 11) is 0. The van der Waals surface area contributed by atoms with Crippen LogP contribution in [0.3, 0.4) is 0 Å². The van der Waals surface area contributed by atoms with Gasteiger partial charge in [-0.15, -0.1) is 11.8 Å². The maximum Gasteiger partial charge on any atom is 0.248 e. The molecule has 1 aromatic rings. The average Bonchev–Trinajstić information content (AvgIpc) is 3.01. The Balaban J connectivity index is 2.00. The van der Waals surface area contributed by atoms with Crippen molar-refractivity contribution in [2.75, 3.05) is 23.6 Å². The van der Waals surface area contributed by atoms with Crippen LogP contribution >= 0.6 is 11.8 Å². The van der Waals surface area contributed by atoms with Crippen molar-refractivity contribution in [1.82, 2.24) is 4.90 Å². The van der Waals surface area contributed by atoms with Gasteiger partial charge in [-0.1, -0.05) is 32.9 Å². The Bertz CT molecular complexity index is 613. The molecule has 1 unspecified atom stereocenters. The number of anilines is 1. The molecule has 1 aliphatic rings. The molecule has 0 aliphatic carbocycles. The first-order valence-electron chi connectivity index (χ1n) is 8.65. The fourth-order valence-electron chi connectivity index (χ4n) is 2.65. The van der Waals surface area contributed by atoms with Crippen LogP contribution in [0.15, 0.2) is 24.3 Å². The van der Waals surface area contributed by atoms with Crippen LogP contribution in [0.2, 0.25) is 0 Å². The van der Waals surface area contributed by atoms with Crippen LogP contribution in [0.25, 0.3) is 0 Å². The number of hydrogen-bond donors (Lipinski definition) is 1. The average molecular weight is 365 g/mol. The zero-order chi connectivity index (χ0) is 18.4. The number of hydrogen-bond acceptors (Lipinski definition) is 4. The van der Waals surface area contributed by atoms with Gasteiger partial charge in [-0.2, -0.15) is 0 Å². The fourth-order valence-corrected chi connectivity index (χ4v) is 3.83. The molecule has 0 radical (unpaired) electrons. The topological polar surface area (TPSA) is 58.6 Å². The van der Waals surface area contributed by atoms with Gasteiger partial charge in [0.25, 0.3) is 0 Å². The van der Waals surface area contributed by atoms with Gasteiger partial charge in [0.15, 0.2) is 0 Å². The van der Waals surface area contributed by atoms with Gasteiger partial charge in [-0.05, 0) is 30.0 Å². The summed E-state index contributed by atoms with van der Waals surface area (Å²) in [5, 5.41) is 2.95. The minimum Gasteiger partial charge on any atom is -0.377 e. The van der Waals surface area contributed by atoms with Crippen molar-refractivity contribution in [1.29, 1.82) is 0 Å². The summed E-state index contributed by atoms with van der Waals surface area (Å²) >= 11 is 1.62. The third kappa shape index (κ3) is 6.04. The number of nitrogens with one attached hydrogen (secondary N) is 1. The fraction of sp³-hybridized carbons (Fsp3) is 0.579. The molecule has 0 saturated carbocycles. The number of carbonyl (C=O) groups is 2. The maximum atomic E-state index is 12.7. The Hall–Kier alpha value is -1.53. The van der Waals surface area contributed by atoms with E-state index in [1.807, 2.05) is 52.0 Å². The molecule has 25 heavy (non-hydrogen) atoms. The standard InChI is InChI=1S/C19H28N2O3S/c1-5-24-11-14-7-6-8-15(9-14)20-18(23)16-12-25-13-21(16)17(22)10-19(2,3)4/h6-9,16H,5,10-13H2,1-4H3,(H,20,23). The summed E-state index contributed by atoms with van der Waals surface area (Å²) < 4.78 is 5.41. The number of nitrogens with zero attached hydrogens (tertiary/aromatic N) is 1. The van der Waals surface area contributed by atoms with Crippen LogP contribution in [0.4, 0.5) is 5.69 Å². The molecule has 1 fully saturated rings. The van der Waals surface area contributed by atoms with Crippen LogP contribution in [0.1, 0.15) is 39.7 Å². The first-order chi connectivity index (χ1) is 11.8. The van der Waals surface area contributed by atoms with Gasteiger partial charge in [0, 0.05) is 24.5 Å². The highest BCUT2D eigenvalue weighted by molar-refractivity contribution is 7.99. The largest absolute Gasteiger partial charge is 0.377 e. The highest BCUT2D eigenvalue weighted by Gasteiger charge is 2.35. The summed E-state index contributed by atoms with van der Waals surface area (Å²) in [4.78, 5) is 26.9. The highest BCUT2D eigenvalue weighted by Crippen LogP contribution is 2.27. The molecule has 1 atom stereocenters. The molecular formula is C19H28N2O3S. The van der Waals surface area contributed by atoms with Crippen LogP contribution in [-0.2, 0) is 20.9 Å². The Kier molecular flexibility index (Phi) is 6.90. The molecular weight excluding hydrogens is 336 g/mol. The van der Waals surface area contributed by atoms with Crippen LogP contribution < -0.4 is 5.32 Å². The van der Waals surface area contributed by atoms with E-state index in [1.54, 1.807) is 16.7 Å². The summed E-state index contributed by atoms with van der Waals surface area (Å²) in [5.74, 6) is 1.14. The number of rotatable bonds is 6. The van der Waals surface area contributed by atoms with Crippen molar-refractivity contribution in [3.05, 3.63) is 29.8 Å². The third-order valence-corrected chi connectivity index (χ3v) is 4.87. The Morgan fingerprint density at radius 2 is 2.12 bits per heavy atom. The van der Waals surface area contributed by atoms with Crippen LogP contribution in [-0.4, -0.2) is 41.0 Å². The van der Waals surface area contributed by atoms with Crippen LogP contribution in [0, 0.1) is 5.41 Å². The predicted octanol–water partition coefficient (Wildman–Crippen LogP) is 3.50. The molecule has 1 heterocycles. The smallest absolute Gasteiger partial charge is 0.248 e. The highest BCUT2D eigenvalue weighted by atomic mass is 32.2. The van der Waals surface area contributed by atoms with Crippen molar-refractivity contribution in [2.45, 2.75) is 46.8 Å². The van der Waals surface area contributed by atoms with E-state index in [0.29, 0.717) is 31.3 Å². The number of benzene rings is 1. The zero-order valence-electron chi connectivity index (χ0n) is 15.5. The molecule has 5 nitrogen and oxygen atoms in total. The van der Waals surface area contributed by atoms with Crippen molar-refractivity contribution in [3.63, 3.8) is 0 Å². The summed E-state index contributed by atoms with van der Waals surface area (Å²) in [6, 6.07) is 7.23. The summed E-state index contributed by atoms with van der Waals surface area (Å²) in [6.45, 7) is 9.23. The minimum atomic E-state index is -0.407. The Morgan fingerprint density at radius 3 is 2.80 bits per heavy atom. The van der Waals surface area contributed by atoms with Crippen molar-refractivity contribution >= 4 is 29.3 Å². The van der Waals surface area contributed by atoms with Crippen molar-refractivity contribution < 1.29 is 14.3 Å². The number of thioether (sulfide) groups is 1. The molecule has 0 bridgehead atoms. The molecule has 1 N–H and O–H groups in total. The molecule has 2 rings (SSSR count). The lowest BCUT2D eigenvalue weighted by Gasteiger charge is -2.26. The summed E-state index contributed by atoms with van der Waals surface area (Å²) in [6.07, 6.45) is 0.446. The van der Waals surface area contributed by atoms with E-state index in [0.717, 1.165) is 11.3 Å². The van der Waals surface area contributed by atoms with Gasteiger partial charge in [-0.3, -0.25) is 9.59 Å². The predicted molar refractivity (Wildman–Crippen MR) is 102 cm³/mol. The van der Waals surface area contributed by atoms with Gasteiger partial charge in [0.05, 0.1) is 12.5 Å². The molecule has 2 amide bonds. The van der Waals surface area contributed by atoms with Gasteiger partial charge in [0.2, 0.25) is 11.8 Å². The number of amides is 2. The van der Waals surface area contributed by atoms with Crippen molar-refractivity contribution in [3.8, 4) is 0 Å². The molecule has 0 aromatic heterocycles. The monoisotopic (exact) mass is 364 g/mol. The normalized spacial score (nSPS) is 17.6. The lowest BCUT2D eigenvalue weighted by atomic mass is 9.91. The van der Waals surface area contributed by atoms with E-state index in [-0.39, 0.29) is 17.2 Å². The lowest BCUT2D eigenvalue weighted by molar-refractivity contribution is -0.137. The lowest BCUT2D eigenvalue weighted by Crippen LogP contribution is -2.45. The molecule has 1 saturated heterocycles. The molecule has 0 spiro atoms. The first-order valence-corrected chi connectivity index (χ1v) is 9.80. The second-order valence-electron chi connectivity index (χ2n) is 7.44. The summed E-state index contributed by atoms with van der Waals surface area (Å²) in [5.41, 5.74) is 1.67. The first kappa shape index (κ1) is 19.8. The van der Waals surface area contributed by atoms with Gasteiger partial charge >= 0.3 is 0 Å². The molecule has 1 aliphatic heterocycles. The van der Waals surface area contributed by atoms with Crippen molar-refractivity contribution in [2.24, 2.45) is 5.41 Å². The number of carbonyl (C=O) groups excluding carboxylic acids is 2. The van der Waals surface area contributed by atoms with Crippen LogP contribution in [0.5, 0.6) is 0 Å². The third-order valence-electron chi connectivity index (χ3n) is 3.85.